The van der Waals surface area contributed by atoms with E-state index in [9.17, 15) is 18.3 Å². The lowest BCUT2D eigenvalue weighted by Crippen LogP contribution is -2.08. The normalized spacial score (nSPS) is 11.4. The summed E-state index contributed by atoms with van der Waals surface area (Å²) in [7, 11) is -2.25. The largest absolute Gasteiger partial charge is 0.497 e. The number of carboxylic acids is 1. The average molecular weight is 407 g/mol. The maximum atomic E-state index is 13.0. The third kappa shape index (κ3) is 5.56. The highest BCUT2D eigenvalue weighted by atomic mass is 32.2. The van der Waals surface area contributed by atoms with Crippen LogP contribution in [0.1, 0.15) is 43.2 Å². The summed E-state index contributed by atoms with van der Waals surface area (Å²) >= 11 is 0. The molecule has 0 saturated carbocycles. The molecule has 0 aliphatic rings. The first kappa shape index (κ1) is 21.9. The first-order chi connectivity index (χ1) is 13.4. The number of benzene rings is 2. The second kappa shape index (κ2) is 10.2. The van der Waals surface area contributed by atoms with Gasteiger partial charge in [0.05, 0.1) is 23.5 Å². The highest BCUT2D eigenvalue weighted by Gasteiger charge is 2.22. The van der Waals surface area contributed by atoms with Gasteiger partial charge in [-0.3, -0.25) is 4.79 Å². The van der Waals surface area contributed by atoms with Crippen LogP contribution in [0.25, 0.3) is 0 Å². The molecule has 0 heterocycles. The van der Waals surface area contributed by atoms with Crippen molar-refractivity contribution in [3.05, 3.63) is 53.6 Å². The second-order valence-corrected chi connectivity index (χ2v) is 8.46. The van der Waals surface area contributed by atoms with E-state index in [-0.39, 0.29) is 22.8 Å². The van der Waals surface area contributed by atoms with Crippen LogP contribution in [0.3, 0.4) is 0 Å². The van der Waals surface area contributed by atoms with Crippen LogP contribution < -0.4 is 4.74 Å². The van der Waals surface area contributed by atoms with Crippen molar-refractivity contribution in [2.75, 3.05) is 7.11 Å². The van der Waals surface area contributed by atoms with Gasteiger partial charge in [-0.2, -0.15) is 0 Å². The molecule has 2 aromatic carbocycles. The average Bonchev–Trinajstić information content (AvgIpc) is 2.70. The number of aliphatic hydroxyl groups excluding tert-OH is 1. The molecule has 7 heteroatoms. The third-order valence-corrected chi connectivity index (χ3v) is 6.49. The van der Waals surface area contributed by atoms with E-state index in [0.29, 0.717) is 24.2 Å². The Bertz CT molecular complexity index is 888. The molecular weight excluding hydrogens is 380 g/mol. The van der Waals surface area contributed by atoms with Crippen molar-refractivity contribution in [1.82, 2.24) is 0 Å². The topological polar surface area (TPSA) is 101 Å². The summed E-state index contributed by atoms with van der Waals surface area (Å²) < 4.78 is 31.1. The van der Waals surface area contributed by atoms with Gasteiger partial charge in [0.1, 0.15) is 5.75 Å². The van der Waals surface area contributed by atoms with Crippen LogP contribution in [0.2, 0.25) is 0 Å². The third-order valence-electron chi connectivity index (χ3n) is 4.63. The molecule has 0 radical (unpaired) electrons. The fourth-order valence-corrected chi connectivity index (χ4v) is 4.63. The number of hydrogen-bond donors (Lipinski definition) is 2. The molecular formula is C21H26O6S. The van der Waals surface area contributed by atoms with Crippen molar-refractivity contribution in [3.8, 4) is 5.75 Å². The lowest BCUT2D eigenvalue weighted by atomic mass is 10.0. The van der Waals surface area contributed by atoms with Crippen LogP contribution in [0.4, 0.5) is 0 Å². The number of rotatable bonds is 11. The van der Waals surface area contributed by atoms with Crippen LogP contribution in [0, 0.1) is 0 Å². The summed E-state index contributed by atoms with van der Waals surface area (Å²) in [5.74, 6) is -0.225. The van der Waals surface area contributed by atoms with Gasteiger partial charge in [-0.15, -0.1) is 0 Å². The van der Waals surface area contributed by atoms with E-state index in [4.69, 9.17) is 9.84 Å². The Kier molecular flexibility index (Phi) is 8.02. The zero-order valence-electron chi connectivity index (χ0n) is 15.9. The number of carbonyl (C=O) groups is 1. The van der Waals surface area contributed by atoms with Crippen LogP contribution >= 0.6 is 0 Å². The Morgan fingerprint density at radius 2 is 1.68 bits per heavy atom. The second-order valence-electron chi connectivity index (χ2n) is 6.54. The lowest BCUT2D eigenvalue weighted by Gasteiger charge is -2.14. The van der Waals surface area contributed by atoms with Crippen molar-refractivity contribution in [3.63, 3.8) is 0 Å². The Balaban J connectivity index is 2.16. The molecule has 0 aromatic heterocycles. The molecule has 0 spiro atoms. The maximum Gasteiger partial charge on any atom is 0.303 e. The van der Waals surface area contributed by atoms with Gasteiger partial charge in [0.25, 0.3) is 0 Å². The molecule has 0 unspecified atom stereocenters. The molecule has 0 bridgehead atoms. The minimum Gasteiger partial charge on any atom is -0.497 e. The van der Waals surface area contributed by atoms with Gasteiger partial charge in [0.15, 0.2) is 0 Å². The highest BCUT2D eigenvalue weighted by Crippen LogP contribution is 2.28. The van der Waals surface area contributed by atoms with E-state index in [1.54, 1.807) is 18.2 Å². The molecule has 0 saturated heterocycles. The molecule has 2 rings (SSSR count). The molecule has 0 aliphatic heterocycles. The minimum atomic E-state index is -3.76. The predicted octanol–water partition coefficient (Wildman–Crippen LogP) is 3.60. The molecule has 28 heavy (non-hydrogen) atoms. The van der Waals surface area contributed by atoms with E-state index >= 15 is 0 Å². The number of aliphatic hydroxyl groups is 1. The number of carboxylic acid groups (broad SMARTS) is 1. The number of hydrogen-bond acceptors (Lipinski definition) is 5. The fraction of sp³-hybridized carbons (Fsp3) is 0.381. The monoisotopic (exact) mass is 406 g/mol. The van der Waals surface area contributed by atoms with Crippen molar-refractivity contribution in [2.24, 2.45) is 0 Å². The smallest absolute Gasteiger partial charge is 0.303 e. The van der Waals surface area contributed by atoms with Crippen LogP contribution in [-0.4, -0.2) is 31.7 Å². The summed E-state index contributed by atoms with van der Waals surface area (Å²) in [6, 6.07) is 11.2. The van der Waals surface area contributed by atoms with E-state index < -0.39 is 15.8 Å². The Morgan fingerprint density at radius 1 is 1.00 bits per heavy atom. The molecule has 152 valence electrons. The highest BCUT2D eigenvalue weighted by molar-refractivity contribution is 7.91. The van der Waals surface area contributed by atoms with Gasteiger partial charge in [0.2, 0.25) is 9.84 Å². The zero-order valence-corrected chi connectivity index (χ0v) is 16.7. The predicted molar refractivity (Wildman–Crippen MR) is 105 cm³/mol. The molecule has 2 N–H and O–H groups in total. The van der Waals surface area contributed by atoms with Gasteiger partial charge < -0.3 is 14.9 Å². The molecule has 0 amide bonds. The standard InChI is InChI=1S/C21H26O6S/c1-27-17-11-13-18(14-12-17)28(25,26)20-9-6-8-16(19(20)15-22)7-4-2-3-5-10-21(23)24/h6,8-9,11-14,22H,2-5,7,10,15H2,1H3,(H,23,24). The molecule has 2 aromatic rings. The van der Waals surface area contributed by atoms with E-state index in [1.165, 1.54) is 25.3 Å². The molecule has 0 atom stereocenters. The number of sulfone groups is 1. The first-order valence-corrected chi connectivity index (χ1v) is 10.7. The van der Waals surface area contributed by atoms with Gasteiger partial charge in [0, 0.05) is 6.42 Å². The number of aliphatic carboxylic acids is 1. The van der Waals surface area contributed by atoms with E-state index in [0.717, 1.165) is 24.8 Å². The van der Waals surface area contributed by atoms with Gasteiger partial charge in [-0.1, -0.05) is 25.0 Å². The van der Waals surface area contributed by atoms with Crippen LogP contribution in [0.5, 0.6) is 5.75 Å². The Labute approximate surface area is 165 Å². The van der Waals surface area contributed by atoms with Crippen molar-refractivity contribution in [2.45, 2.75) is 54.9 Å². The SMILES string of the molecule is COc1ccc(S(=O)(=O)c2cccc(CCCCCCC(=O)O)c2CO)cc1. The molecule has 6 nitrogen and oxygen atoms in total. The first-order valence-electron chi connectivity index (χ1n) is 9.22. The van der Waals surface area contributed by atoms with Gasteiger partial charge in [-0.25, -0.2) is 8.42 Å². The van der Waals surface area contributed by atoms with Gasteiger partial charge >= 0.3 is 5.97 Å². The summed E-state index contributed by atoms with van der Waals surface area (Å²) in [6.07, 6.45) is 3.90. The molecule has 0 aliphatic carbocycles. The van der Waals surface area contributed by atoms with Crippen molar-refractivity contribution < 1.29 is 28.2 Å². The lowest BCUT2D eigenvalue weighted by molar-refractivity contribution is -0.137. The van der Waals surface area contributed by atoms with E-state index in [1.807, 2.05) is 6.07 Å². The van der Waals surface area contributed by atoms with Crippen LogP contribution in [-0.2, 0) is 27.7 Å². The maximum absolute atomic E-state index is 13.0. The number of methoxy groups -OCH3 is 1. The molecule has 0 fully saturated rings. The fourth-order valence-electron chi connectivity index (χ4n) is 3.10. The van der Waals surface area contributed by atoms with Crippen molar-refractivity contribution >= 4 is 15.8 Å². The number of ether oxygens (including phenoxy) is 1. The summed E-state index contributed by atoms with van der Waals surface area (Å²) in [6.45, 7) is -0.361. The number of aryl methyl sites for hydroxylation is 1. The van der Waals surface area contributed by atoms with Crippen LogP contribution in [0.15, 0.2) is 52.3 Å². The summed E-state index contributed by atoms with van der Waals surface area (Å²) in [4.78, 5) is 10.8. The van der Waals surface area contributed by atoms with Gasteiger partial charge in [-0.05, 0) is 60.7 Å². The summed E-state index contributed by atoms with van der Waals surface area (Å²) in [5.41, 5.74) is 1.22. The number of unbranched alkanes of at least 4 members (excludes halogenated alkanes) is 3. The van der Waals surface area contributed by atoms with Crippen molar-refractivity contribution in [1.29, 1.82) is 0 Å². The summed E-state index contributed by atoms with van der Waals surface area (Å²) in [5, 5.41) is 18.5. The Morgan fingerprint density at radius 3 is 2.29 bits per heavy atom. The Hall–Kier alpha value is -2.38. The van der Waals surface area contributed by atoms with E-state index in [2.05, 4.69) is 0 Å². The minimum absolute atomic E-state index is 0.114. The quantitative estimate of drug-likeness (QED) is 0.553. The zero-order chi connectivity index (χ0) is 20.6.